The molecule has 142 valence electrons. The van der Waals surface area contributed by atoms with E-state index in [9.17, 15) is 4.79 Å². The average molecular weight is 381 g/mol. The number of methoxy groups -OCH3 is 1. The molecule has 9 heteroatoms. The molecule has 26 heavy (non-hydrogen) atoms. The Morgan fingerprint density at radius 2 is 2.19 bits per heavy atom. The van der Waals surface area contributed by atoms with E-state index < -0.39 is 5.54 Å². The van der Waals surface area contributed by atoms with Gasteiger partial charge < -0.3 is 15.8 Å². The molecule has 2 unspecified atom stereocenters. The molecule has 1 aliphatic rings. The molecule has 2 aromatic rings. The number of aromatic nitrogens is 4. The number of hydrogen-bond acceptors (Lipinski definition) is 6. The molecule has 1 aromatic heterocycles. The molecule has 0 spiro atoms. The van der Waals surface area contributed by atoms with Crippen molar-refractivity contribution < 1.29 is 9.53 Å². The number of carbonyl (C=O) groups excluding carboxylic acids is 1. The van der Waals surface area contributed by atoms with E-state index in [0.717, 1.165) is 25.7 Å². The second-order valence-electron chi connectivity index (χ2n) is 6.82. The summed E-state index contributed by atoms with van der Waals surface area (Å²) in [5, 5.41) is 14.5. The normalized spacial score (nSPS) is 22.4. The fourth-order valence-corrected chi connectivity index (χ4v) is 3.41. The molecule has 0 bridgehead atoms. The summed E-state index contributed by atoms with van der Waals surface area (Å²) in [4.78, 5) is 12.7. The van der Waals surface area contributed by atoms with Gasteiger partial charge in [0, 0.05) is 11.2 Å². The van der Waals surface area contributed by atoms with E-state index in [2.05, 4.69) is 20.8 Å². The fraction of sp³-hybridized carbons (Fsp3) is 0.529. The first-order chi connectivity index (χ1) is 11.9. The van der Waals surface area contributed by atoms with Crippen LogP contribution in [0.5, 0.6) is 5.75 Å². The Morgan fingerprint density at radius 1 is 1.42 bits per heavy atom. The summed E-state index contributed by atoms with van der Waals surface area (Å²) in [5.41, 5.74) is 7.20. The lowest BCUT2D eigenvalue weighted by Gasteiger charge is -2.37. The molecule has 3 N–H and O–H groups in total. The van der Waals surface area contributed by atoms with Gasteiger partial charge in [-0.1, -0.05) is 12.8 Å². The standard InChI is InChI=1S/C17H24N6O2.ClH/c1-11-20-21-22-23(11)14-10-12(7-8-15(14)25-3)19-16(24)13-6-4-5-9-17(13,2)18;/h7-8,10,13H,4-6,9,18H2,1-3H3,(H,19,24);1H. The van der Waals surface area contributed by atoms with Crippen LogP contribution in [0, 0.1) is 12.8 Å². The monoisotopic (exact) mass is 380 g/mol. The van der Waals surface area contributed by atoms with Crippen LogP contribution in [0.1, 0.15) is 38.4 Å². The number of hydrogen-bond donors (Lipinski definition) is 2. The number of halogens is 1. The molecule has 2 atom stereocenters. The smallest absolute Gasteiger partial charge is 0.229 e. The first-order valence-corrected chi connectivity index (χ1v) is 8.45. The van der Waals surface area contributed by atoms with E-state index in [1.807, 2.05) is 6.92 Å². The van der Waals surface area contributed by atoms with Crippen LogP contribution in [0.2, 0.25) is 0 Å². The number of rotatable bonds is 4. The van der Waals surface area contributed by atoms with E-state index in [0.29, 0.717) is 22.9 Å². The number of nitrogens with one attached hydrogen (secondary N) is 1. The van der Waals surface area contributed by atoms with Gasteiger partial charge in [-0.3, -0.25) is 4.79 Å². The van der Waals surface area contributed by atoms with Crippen molar-refractivity contribution in [1.29, 1.82) is 0 Å². The first kappa shape index (κ1) is 20.1. The zero-order valence-corrected chi connectivity index (χ0v) is 16.0. The zero-order valence-electron chi connectivity index (χ0n) is 15.2. The third kappa shape index (κ3) is 3.96. The minimum atomic E-state index is -0.468. The van der Waals surface area contributed by atoms with E-state index >= 15 is 0 Å². The molecule has 0 saturated heterocycles. The van der Waals surface area contributed by atoms with Crippen molar-refractivity contribution >= 4 is 24.0 Å². The third-order valence-electron chi connectivity index (χ3n) is 4.87. The van der Waals surface area contributed by atoms with Crippen molar-refractivity contribution in [3.05, 3.63) is 24.0 Å². The predicted molar refractivity (Wildman–Crippen MR) is 101 cm³/mol. The lowest BCUT2D eigenvalue weighted by atomic mass is 9.74. The van der Waals surface area contributed by atoms with Crippen LogP contribution in [0.4, 0.5) is 5.69 Å². The molecule has 1 fully saturated rings. The highest BCUT2D eigenvalue weighted by atomic mass is 35.5. The van der Waals surface area contributed by atoms with E-state index in [-0.39, 0.29) is 24.2 Å². The maximum absolute atomic E-state index is 12.7. The Kier molecular flexibility index (Phi) is 6.20. The number of tetrazole rings is 1. The topological polar surface area (TPSA) is 108 Å². The molecule has 1 amide bonds. The van der Waals surface area contributed by atoms with Crippen molar-refractivity contribution in [1.82, 2.24) is 20.2 Å². The molecular formula is C17H25ClN6O2. The van der Waals surface area contributed by atoms with E-state index in [1.54, 1.807) is 36.9 Å². The Hall–Kier alpha value is -2.19. The Balaban J connectivity index is 0.00000243. The highest BCUT2D eigenvalue weighted by Gasteiger charge is 2.37. The number of amides is 1. The minimum absolute atomic E-state index is 0. The molecule has 3 rings (SSSR count). The second kappa shape index (κ2) is 8.01. The van der Waals surface area contributed by atoms with E-state index in [4.69, 9.17) is 10.5 Å². The van der Waals surface area contributed by atoms with Gasteiger partial charge in [-0.25, -0.2) is 0 Å². The van der Waals surface area contributed by atoms with Crippen LogP contribution in [-0.2, 0) is 4.79 Å². The van der Waals surface area contributed by atoms with Gasteiger partial charge in [0.05, 0.1) is 13.0 Å². The number of anilines is 1. The Morgan fingerprint density at radius 3 is 2.81 bits per heavy atom. The van der Waals surface area contributed by atoms with E-state index in [1.165, 1.54) is 0 Å². The Labute approximate surface area is 158 Å². The van der Waals surface area contributed by atoms with Crippen LogP contribution >= 0.6 is 12.4 Å². The SMILES string of the molecule is COc1ccc(NC(=O)C2CCCCC2(C)N)cc1-n1nnnc1C.Cl. The summed E-state index contributed by atoms with van der Waals surface area (Å²) < 4.78 is 6.96. The maximum Gasteiger partial charge on any atom is 0.229 e. The molecule has 1 aliphatic carbocycles. The Bertz CT molecular complexity index is 776. The molecular weight excluding hydrogens is 356 g/mol. The van der Waals surface area contributed by atoms with Gasteiger partial charge in [-0.05, 0) is 55.3 Å². The van der Waals surface area contributed by atoms with Gasteiger partial charge in [0.25, 0.3) is 0 Å². The highest BCUT2D eigenvalue weighted by molar-refractivity contribution is 5.94. The highest BCUT2D eigenvalue weighted by Crippen LogP contribution is 2.33. The molecule has 8 nitrogen and oxygen atoms in total. The molecule has 1 aromatic carbocycles. The number of aryl methyl sites for hydroxylation is 1. The second-order valence-corrected chi connectivity index (χ2v) is 6.82. The van der Waals surface area contributed by atoms with Crippen LogP contribution in [-0.4, -0.2) is 38.8 Å². The predicted octanol–water partition coefficient (Wildman–Crippen LogP) is 2.25. The number of carbonyl (C=O) groups is 1. The number of nitrogens with zero attached hydrogens (tertiary/aromatic N) is 4. The van der Waals surface area contributed by atoms with Gasteiger partial charge in [-0.15, -0.1) is 17.5 Å². The number of benzene rings is 1. The van der Waals surface area contributed by atoms with Gasteiger partial charge in [0.1, 0.15) is 11.4 Å². The summed E-state index contributed by atoms with van der Waals surface area (Å²) in [6, 6.07) is 5.39. The summed E-state index contributed by atoms with van der Waals surface area (Å²) in [7, 11) is 1.58. The van der Waals surface area contributed by atoms with Crippen LogP contribution < -0.4 is 15.8 Å². The lowest BCUT2D eigenvalue weighted by molar-refractivity contribution is -0.122. The summed E-state index contributed by atoms with van der Waals surface area (Å²) in [6.07, 6.45) is 3.78. The van der Waals surface area contributed by atoms with Crippen LogP contribution in [0.25, 0.3) is 5.69 Å². The molecule has 0 radical (unpaired) electrons. The first-order valence-electron chi connectivity index (χ1n) is 8.45. The van der Waals surface area contributed by atoms with Crippen LogP contribution in [0.15, 0.2) is 18.2 Å². The summed E-state index contributed by atoms with van der Waals surface area (Å²) >= 11 is 0. The van der Waals surface area contributed by atoms with Crippen molar-refractivity contribution in [2.45, 2.75) is 45.1 Å². The van der Waals surface area contributed by atoms with Gasteiger partial charge >= 0.3 is 0 Å². The zero-order chi connectivity index (χ0) is 18.0. The van der Waals surface area contributed by atoms with Crippen molar-refractivity contribution in [3.8, 4) is 11.4 Å². The lowest BCUT2D eigenvalue weighted by Crippen LogP contribution is -2.51. The number of nitrogens with two attached hydrogens (primary N) is 1. The quantitative estimate of drug-likeness (QED) is 0.842. The molecule has 0 aliphatic heterocycles. The van der Waals surface area contributed by atoms with Crippen LogP contribution in [0.3, 0.4) is 0 Å². The van der Waals surface area contributed by atoms with Gasteiger partial charge in [0.15, 0.2) is 5.82 Å². The fourth-order valence-electron chi connectivity index (χ4n) is 3.41. The summed E-state index contributed by atoms with van der Waals surface area (Å²) in [5.74, 6) is 1.01. The maximum atomic E-state index is 12.7. The number of ether oxygens (including phenoxy) is 1. The molecule has 1 saturated carbocycles. The third-order valence-corrected chi connectivity index (χ3v) is 4.87. The molecule has 1 heterocycles. The van der Waals surface area contributed by atoms with Crippen molar-refractivity contribution in [3.63, 3.8) is 0 Å². The average Bonchev–Trinajstić information content (AvgIpc) is 3.00. The van der Waals surface area contributed by atoms with Gasteiger partial charge in [0.2, 0.25) is 5.91 Å². The summed E-state index contributed by atoms with van der Waals surface area (Å²) in [6.45, 7) is 3.76. The van der Waals surface area contributed by atoms with Crippen molar-refractivity contribution in [2.75, 3.05) is 12.4 Å². The largest absolute Gasteiger partial charge is 0.494 e. The minimum Gasteiger partial charge on any atom is -0.494 e. The van der Waals surface area contributed by atoms with Crippen molar-refractivity contribution in [2.24, 2.45) is 11.7 Å². The van der Waals surface area contributed by atoms with Gasteiger partial charge in [-0.2, -0.15) is 4.68 Å².